The minimum atomic E-state index is -3.73. The zero-order chi connectivity index (χ0) is 16.2. The molecular formula is C12H12BrN3O3S3. The SMILES string of the molecule is C=CCSc1nnc(NS(=O)(=O)c2ccc(OC)c(Br)c2)s1. The number of anilines is 1. The van der Waals surface area contributed by atoms with Gasteiger partial charge in [0.1, 0.15) is 5.75 Å². The first-order valence-corrected chi connectivity index (χ1v) is 9.97. The van der Waals surface area contributed by atoms with E-state index in [0.29, 0.717) is 20.3 Å². The summed E-state index contributed by atoms with van der Waals surface area (Å²) >= 11 is 5.87. The van der Waals surface area contributed by atoms with Gasteiger partial charge in [0.2, 0.25) is 5.13 Å². The van der Waals surface area contributed by atoms with Gasteiger partial charge in [0.05, 0.1) is 16.5 Å². The second-order valence-corrected chi connectivity index (χ2v) is 8.66. The number of methoxy groups -OCH3 is 1. The van der Waals surface area contributed by atoms with Gasteiger partial charge in [-0.15, -0.1) is 16.8 Å². The Bertz CT molecular complexity index is 777. The van der Waals surface area contributed by atoms with Crippen LogP contribution in [0.25, 0.3) is 0 Å². The van der Waals surface area contributed by atoms with Gasteiger partial charge in [0.15, 0.2) is 4.34 Å². The summed E-state index contributed by atoms with van der Waals surface area (Å²) in [6, 6.07) is 4.50. The van der Waals surface area contributed by atoms with E-state index in [4.69, 9.17) is 4.74 Å². The Labute approximate surface area is 145 Å². The third kappa shape index (κ3) is 4.22. The number of nitrogens with one attached hydrogen (secondary N) is 1. The summed E-state index contributed by atoms with van der Waals surface area (Å²) in [6.07, 6.45) is 1.74. The highest BCUT2D eigenvalue weighted by molar-refractivity contribution is 9.10. The van der Waals surface area contributed by atoms with E-state index >= 15 is 0 Å². The molecule has 0 spiro atoms. The summed E-state index contributed by atoms with van der Waals surface area (Å²) in [5.74, 6) is 1.24. The number of benzene rings is 1. The molecule has 0 aliphatic rings. The summed E-state index contributed by atoms with van der Waals surface area (Å²) in [4.78, 5) is 0.107. The lowest BCUT2D eigenvalue weighted by Gasteiger charge is -2.07. The Morgan fingerprint density at radius 3 is 2.91 bits per heavy atom. The molecule has 22 heavy (non-hydrogen) atoms. The van der Waals surface area contributed by atoms with Crippen molar-refractivity contribution < 1.29 is 13.2 Å². The van der Waals surface area contributed by atoms with Crippen molar-refractivity contribution in [1.82, 2.24) is 10.2 Å². The van der Waals surface area contributed by atoms with Crippen molar-refractivity contribution in [2.24, 2.45) is 0 Å². The molecule has 10 heteroatoms. The largest absolute Gasteiger partial charge is 0.496 e. The predicted molar refractivity (Wildman–Crippen MR) is 92.3 cm³/mol. The van der Waals surface area contributed by atoms with Crippen LogP contribution >= 0.6 is 39.0 Å². The first-order valence-electron chi connectivity index (χ1n) is 5.90. The Kier molecular flexibility index (Phi) is 5.84. The molecule has 118 valence electrons. The van der Waals surface area contributed by atoms with Crippen LogP contribution in [0.1, 0.15) is 0 Å². The zero-order valence-corrected chi connectivity index (χ0v) is 15.5. The normalized spacial score (nSPS) is 11.2. The molecule has 0 unspecified atom stereocenters. The highest BCUT2D eigenvalue weighted by Crippen LogP contribution is 2.30. The smallest absolute Gasteiger partial charge is 0.263 e. The minimum absolute atomic E-state index is 0.107. The number of thioether (sulfide) groups is 1. The van der Waals surface area contributed by atoms with Crippen LogP contribution in [0.2, 0.25) is 0 Å². The highest BCUT2D eigenvalue weighted by atomic mass is 79.9. The van der Waals surface area contributed by atoms with Crippen LogP contribution in [-0.2, 0) is 10.0 Å². The second kappa shape index (κ2) is 7.44. The third-order valence-corrected chi connectivity index (χ3v) is 6.44. The summed E-state index contributed by atoms with van der Waals surface area (Å²) in [5.41, 5.74) is 0. The van der Waals surface area contributed by atoms with E-state index in [1.54, 1.807) is 12.1 Å². The maximum absolute atomic E-state index is 12.3. The lowest BCUT2D eigenvalue weighted by molar-refractivity contribution is 0.411. The Balaban J connectivity index is 2.18. The van der Waals surface area contributed by atoms with Gasteiger partial charge < -0.3 is 4.74 Å². The van der Waals surface area contributed by atoms with Crippen LogP contribution in [0.5, 0.6) is 5.75 Å². The molecule has 0 radical (unpaired) electrons. The fourth-order valence-electron chi connectivity index (χ4n) is 1.43. The van der Waals surface area contributed by atoms with E-state index in [9.17, 15) is 8.42 Å². The minimum Gasteiger partial charge on any atom is -0.496 e. The van der Waals surface area contributed by atoms with Gasteiger partial charge in [0, 0.05) is 5.75 Å². The molecular weight excluding hydrogens is 410 g/mol. The van der Waals surface area contributed by atoms with Crippen molar-refractivity contribution in [1.29, 1.82) is 0 Å². The third-order valence-electron chi connectivity index (χ3n) is 2.39. The number of hydrogen-bond acceptors (Lipinski definition) is 7. The molecule has 1 aromatic heterocycles. The fraction of sp³-hybridized carbons (Fsp3) is 0.167. The number of nitrogens with zero attached hydrogens (tertiary/aromatic N) is 2. The van der Waals surface area contributed by atoms with Crippen molar-refractivity contribution in [3.63, 3.8) is 0 Å². The predicted octanol–water partition coefficient (Wildman–Crippen LogP) is 3.39. The number of ether oxygens (including phenoxy) is 1. The molecule has 1 aromatic carbocycles. The maximum Gasteiger partial charge on any atom is 0.263 e. The van der Waals surface area contributed by atoms with E-state index in [0.717, 1.165) is 0 Å². The van der Waals surface area contributed by atoms with E-state index in [1.165, 1.54) is 42.3 Å². The number of hydrogen-bond donors (Lipinski definition) is 1. The van der Waals surface area contributed by atoms with Crippen LogP contribution in [0.3, 0.4) is 0 Å². The monoisotopic (exact) mass is 421 g/mol. The average Bonchev–Trinajstić information content (AvgIpc) is 2.91. The second-order valence-electron chi connectivity index (χ2n) is 3.87. The van der Waals surface area contributed by atoms with Gasteiger partial charge in [-0.1, -0.05) is 29.2 Å². The van der Waals surface area contributed by atoms with Crippen molar-refractivity contribution in [2.45, 2.75) is 9.24 Å². The quantitative estimate of drug-likeness (QED) is 0.544. The molecule has 2 aromatic rings. The summed E-state index contributed by atoms with van der Waals surface area (Å²) in [6.45, 7) is 3.61. The van der Waals surface area contributed by atoms with Crippen LogP contribution < -0.4 is 9.46 Å². The first kappa shape index (κ1) is 17.3. The fourth-order valence-corrected chi connectivity index (χ4v) is 4.89. The Morgan fingerprint density at radius 1 is 1.50 bits per heavy atom. The van der Waals surface area contributed by atoms with Crippen molar-refractivity contribution in [3.05, 3.63) is 35.3 Å². The standard InChI is InChI=1S/C12H12BrN3O3S3/c1-3-6-20-12-15-14-11(21-12)16-22(17,18)8-4-5-10(19-2)9(13)7-8/h3-5,7H,1,6H2,2H3,(H,14,16). The van der Waals surface area contributed by atoms with Crippen molar-refractivity contribution >= 4 is 54.2 Å². The van der Waals surface area contributed by atoms with Crippen molar-refractivity contribution in [3.8, 4) is 5.75 Å². The molecule has 0 atom stereocenters. The van der Waals surface area contributed by atoms with Crippen LogP contribution in [0.15, 0.2) is 44.6 Å². The van der Waals surface area contributed by atoms with E-state index in [2.05, 4.69) is 37.4 Å². The molecule has 0 aliphatic carbocycles. The van der Waals surface area contributed by atoms with E-state index in [-0.39, 0.29) is 10.0 Å². The van der Waals surface area contributed by atoms with E-state index in [1.807, 2.05) is 0 Å². The Hall–Kier alpha value is -1.10. The van der Waals surface area contributed by atoms with Gasteiger partial charge >= 0.3 is 0 Å². The number of halogens is 1. The first-order chi connectivity index (χ1) is 10.5. The molecule has 0 saturated carbocycles. The summed E-state index contributed by atoms with van der Waals surface area (Å²) in [5, 5.41) is 7.95. The molecule has 0 amide bonds. The molecule has 0 fully saturated rings. The average molecular weight is 422 g/mol. The zero-order valence-electron chi connectivity index (χ0n) is 11.4. The summed E-state index contributed by atoms with van der Waals surface area (Å²) in [7, 11) is -2.21. The molecule has 0 saturated heterocycles. The van der Waals surface area contributed by atoms with Crippen LogP contribution in [0.4, 0.5) is 5.13 Å². The van der Waals surface area contributed by atoms with E-state index < -0.39 is 10.0 Å². The molecule has 6 nitrogen and oxygen atoms in total. The van der Waals surface area contributed by atoms with Gasteiger partial charge in [0.25, 0.3) is 10.0 Å². The molecule has 1 heterocycles. The molecule has 1 N–H and O–H groups in total. The van der Waals surface area contributed by atoms with Gasteiger partial charge in [-0.25, -0.2) is 8.42 Å². The lowest BCUT2D eigenvalue weighted by atomic mass is 10.3. The molecule has 0 aliphatic heterocycles. The number of rotatable bonds is 7. The molecule has 2 rings (SSSR count). The van der Waals surface area contributed by atoms with Crippen LogP contribution in [0, 0.1) is 0 Å². The maximum atomic E-state index is 12.3. The topological polar surface area (TPSA) is 81.2 Å². The van der Waals surface area contributed by atoms with Crippen LogP contribution in [-0.4, -0.2) is 31.5 Å². The summed E-state index contributed by atoms with van der Waals surface area (Å²) < 4.78 is 33.4. The Morgan fingerprint density at radius 2 is 2.27 bits per heavy atom. The lowest BCUT2D eigenvalue weighted by Crippen LogP contribution is -2.12. The molecule has 0 bridgehead atoms. The van der Waals surface area contributed by atoms with Gasteiger partial charge in [-0.3, -0.25) is 4.72 Å². The number of aromatic nitrogens is 2. The van der Waals surface area contributed by atoms with Crippen molar-refractivity contribution in [2.75, 3.05) is 17.6 Å². The van der Waals surface area contributed by atoms with Gasteiger partial charge in [-0.2, -0.15) is 0 Å². The number of sulfonamides is 1. The highest BCUT2D eigenvalue weighted by Gasteiger charge is 2.18. The van der Waals surface area contributed by atoms with Gasteiger partial charge in [-0.05, 0) is 34.1 Å².